The van der Waals surface area contributed by atoms with Gasteiger partial charge in [0.05, 0.1) is 7.11 Å². The summed E-state index contributed by atoms with van der Waals surface area (Å²) < 4.78 is 5.27. The lowest BCUT2D eigenvalue weighted by molar-refractivity contribution is 0.414. The minimum Gasteiger partial charge on any atom is -0.497 e. The van der Waals surface area contributed by atoms with Gasteiger partial charge >= 0.3 is 0 Å². The van der Waals surface area contributed by atoms with E-state index in [0.29, 0.717) is 6.54 Å². The van der Waals surface area contributed by atoms with E-state index in [-0.39, 0.29) is 0 Å². The van der Waals surface area contributed by atoms with Crippen molar-refractivity contribution in [1.29, 1.82) is 0 Å². The minimum absolute atomic E-state index is 0.588. The van der Waals surface area contributed by atoms with E-state index in [0.717, 1.165) is 24.8 Å². The second kappa shape index (κ2) is 4.74. The fourth-order valence-electron chi connectivity index (χ4n) is 2.29. The monoisotopic (exact) mass is 220 g/mol. The van der Waals surface area contributed by atoms with E-state index in [4.69, 9.17) is 10.5 Å². The Hall–Kier alpha value is -1.22. The van der Waals surface area contributed by atoms with Gasteiger partial charge in [0.25, 0.3) is 0 Å². The highest BCUT2D eigenvalue weighted by Gasteiger charge is 2.21. The van der Waals surface area contributed by atoms with Crippen molar-refractivity contribution in [2.24, 2.45) is 11.7 Å². The zero-order chi connectivity index (χ0) is 11.5. The van der Waals surface area contributed by atoms with Crippen LogP contribution < -0.4 is 15.4 Å². The van der Waals surface area contributed by atoms with Crippen molar-refractivity contribution in [3.63, 3.8) is 0 Å². The van der Waals surface area contributed by atoms with Crippen LogP contribution in [0.4, 0.5) is 5.69 Å². The average molecular weight is 220 g/mol. The molecular weight excluding hydrogens is 200 g/mol. The van der Waals surface area contributed by atoms with Crippen LogP contribution in [0.5, 0.6) is 5.75 Å². The summed E-state index contributed by atoms with van der Waals surface area (Å²) in [4.78, 5) is 2.41. The molecule has 0 aromatic heterocycles. The van der Waals surface area contributed by atoms with Gasteiger partial charge in [-0.3, -0.25) is 0 Å². The number of methoxy groups -OCH3 is 1. The van der Waals surface area contributed by atoms with Crippen LogP contribution in [-0.4, -0.2) is 20.2 Å². The first-order chi connectivity index (χ1) is 7.74. The molecule has 1 heterocycles. The first kappa shape index (κ1) is 11.3. The third kappa shape index (κ3) is 2.14. The van der Waals surface area contributed by atoms with Gasteiger partial charge in [-0.05, 0) is 24.0 Å². The smallest absolute Gasteiger partial charge is 0.120 e. The second-order valence-electron chi connectivity index (χ2n) is 4.54. The average Bonchev–Trinajstić information content (AvgIpc) is 2.75. The number of ether oxygens (including phenoxy) is 1. The summed E-state index contributed by atoms with van der Waals surface area (Å²) in [6.45, 7) is 5.13. The summed E-state index contributed by atoms with van der Waals surface area (Å²) >= 11 is 0. The van der Waals surface area contributed by atoms with Gasteiger partial charge in [-0.25, -0.2) is 0 Å². The maximum Gasteiger partial charge on any atom is 0.120 e. The predicted molar refractivity (Wildman–Crippen MR) is 66.9 cm³/mol. The van der Waals surface area contributed by atoms with Crippen LogP contribution in [-0.2, 0) is 6.54 Å². The highest BCUT2D eigenvalue weighted by molar-refractivity contribution is 5.58. The lowest BCUT2D eigenvalue weighted by Crippen LogP contribution is -2.21. The molecule has 0 spiro atoms. The molecule has 0 radical (unpaired) electrons. The Morgan fingerprint density at radius 2 is 2.31 bits per heavy atom. The van der Waals surface area contributed by atoms with E-state index < -0.39 is 0 Å². The molecule has 1 unspecified atom stereocenters. The number of rotatable bonds is 3. The standard InChI is InChI=1S/C13H20N2O/c1-10-5-6-15(9-10)13-7-12(16-2)4-3-11(13)8-14/h3-4,7,10H,5-6,8-9,14H2,1-2H3. The molecule has 1 fully saturated rings. The van der Waals surface area contributed by atoms with Crippen molar-refractivity contribution < 1.29 is 4.74 Å². The van der Waals surface area contributed by atoms with E-state index >= 15 is 0 Å². The van der Waals surface area contributed by atoms with Gasteiger partial charge < -0.3 is 15.4 Å². The summed E-state index contributed by atoms with van der Waals surface area (Å²) in [5.74, 6) is 1.68. The molecule has 2 rings (SSSR count). The molecule has 2 N–H and O–H groups in total. The van der Waals surface area contributed by atoms with E-state index in [1.54, 1.807) is 7.11 Å². The van der Waals surface area contributed by atoms with Crippen LogP contribution in [0.1, 0.15) is 18.9 Å². The summed E-state index contributed by atoms with van der Waals surface area (Å²) in [6, 6.07) is 6.14. The molecule has 1 atom stereocenters. The summed E-state index contributed by atoms with van der Waals surface area (Å²) in [7, 11) is 1.70. The van der Waals surface area contributed by atoms with E-state index in [1.807, 2.05) is 6.07 Å². The van der Waals surface area contributed by atoms with Crippen molar-refractivity contribution in [3.05, 3.63) is 23.8 Å². The molecule has 16 heavy (non-hydrogen) atoms. The first-order valence-corrected chi connectivity index (χ1v) is 5.86. The minimum atomic E-state index is 0.588. The summed E-state index contributed by atoms with van der Waals surface area (Å²) in [6.07, 6.45) is 1.27. The molecule has 3 heteroatoms. The maximum absolute atomic E-state index is 5.78. The molecule has 3 nitrogen and oxygen atoms in total. The lowest BCUT2D eigenvalue weighted by Gasteiger charge is -2.22. The Balaban J connectivity index is 2.29. The van der Waals surface area contributed by atoms with Crippen LogP contribution in [0.3, 0.4) is 0 Å². The normalized spacial score (nSPS) is 20.2. The molecule has 1 aliphatic rings. The highest BCUT2D eigenvalue weighted by atomic mass is 16.5. The molecule has 1 aromatic rings. The number of hydrogen-bond acceptors (Lipinski definition) is 3. The van der Waals surface area contributed by atoms with Gasteiger partial charge in [-0.2, -0.15) is 0 Å². The molecule has 0 saturated carbocycles. The van der Waals surface area contributed by atoms with Gasteiger partial charge in [0.15, 0.2) is 0 Å². The third-order valence-electron chi connectivity index (χ3n) is 3.28. The molecule has 1 aromatic carbocycles. The Labute approximate surface area is 97.2 Å². The Morgan fingerprint density at radius 3 is 2.88 bits per heavy atom. The number of anilines is 1. The highest BCUT2D eigenvalue weighted by Crippen LogP contribution is 2.30. The SMILES string of the molecule is COc1ccc(CN)c(N2CCC(C)C2)c1. The van der Waals surface area contributed by atoms with Crippen LogP contribution in [0.2, 0.25) is 0 Å². The molecule has 0 aliphatic carbocycles. The van der Waals surface area contributed by atoms with Crippen molar-refractivity contribution >= 4 is 5.69 Å². The molecular formula is C13H20N2O. The summed E-state index contributed by atoms with van der Waals surface area (Å²) in [5.41, 5.74) is 8.22. The van der Waals surface area contributed by atoms with Crippen LogP contribution in [0.25, 0.3) is 0 Å². The maximum atomic E-state index is 5.78. The van der Waals surface area contributed by atoms with Crippen molar-refractivity contribution in [1.82, 2.24) is 0 Å². The molecule has 0 bridgehead atoms. The van der Waals surface area contributed by atoms with Crippen LogP contribution in [0.15, 0.2) is 18.2 Å². The quantitative estimate of drug-likeness (QED) is 0.846. The van der Waals surface area contributed by atoms with Gasteiger partial charge in [0.1, 0.15) is 5.75 Å². The second-order valence-corrected chi connectivity index (χ2v) is 4.54. The molecule has 88 valence electrons. The zero-order valence-electron chi connectivity index (χ0n) is 10.1. The molecule has 0 amide bonds. The molecule has 1 aliphatic heterocycles. The fourth-order valence-corrected chi connectivity index (χ4v) is 2.29. The number of nitrogens with two attached hydrogens (primary N) is 1. The van der Waals surface area contributed by atoms with Crippen molar-refractivity contribution in [2.75, 3.05) is 25.1 Å². The van der Waals surface area contributed by atoms with Gasteiger partial charge in [0, 0.05) is 31.4 Å². The Morgan fingerprint density at radius 1 is 1.50 bits per heavy atom. The fraction of sp³-hybridized carbons (Fsp3) is 0.538. The lowest BCUT2D eigenvalue weighted by atomic mass is 10.1. The van der Waals surface area contributed by atoms with E-state index in [9.17, 15) is 0 Å². The number of nitrogens with zero attached hydrogens (tertiary/aromatic N) is 1. The van der Waals surface area contributed by atoms with Crippen molar-refractivity contribution in [2.45, 2.75) is 19.9 Å². The first-order valence-electron chi connectivity index (χ1n) is 5.86. The van der Waals surface area contributed by atoms with E-state index in [2.05, 4.69) is 24.0 Å². The van der Waals surface area contributed by atoms with E-state index in [1.165, 1.54) is 17.7 Å². The van der Waals surface area contributed by atoms with Crippen LogP contribution >= 0.6 is 0 Å². The van der Waals surface area contributed by atoms with Crippen LogP contribution in [0, 0.1) is 5.92 Å². The van der Waals surface area contributed by atoms with Gasteiger partial charge in [-0.15, -0.1) is 0 Å². The van der Waals surface area contributed by atoms with Gasteiger partial charge in [-0.1, -0.05) is 13.0 Å². The number of benzene rings is 1. The Bertz CT molecular complexity index is 365. The Kier molecular flexibility index (Phi) is 3.34. The topological polar surface area (TPSA) is 38.5 Å². The third-order valence-corrected chi connectivity index (χ3v) is 3.28. The zero-order valence-corrected chi connectivity index (χ0v) is 10.1. The molecule has 1 saturated heterocycles. The number of hydrogen-bond donors (Lipinski definition) is 1. The summed E-state index contributed by atoms with van der Waals surface area (Å²) in [5, 5.41) is 0. The van der Waals surface area contributed by atoms with Gasteiger partial charge in [0.2, 0.25) is 0 Å². The van der Waals surface area contributed by atoms with Crippen molar-refractivity contribution in [3.8, 4) is 5.75 Å². The largest absolute Gasteiger partial charge is 0.497 e. The predicted octanol–water partition coefficient (Wildman–Crippen LogP) is 2.00.